The maximum atomic E-state index is 11.3. The Morgan fingerprint density at radius 3 is 3.08 bits per heavy atom. The average molecular weight is 197 g/mol. The zero-order chi connectivity index (χ0) is 9.52. The lowest BCUT2D eigenvalue weighted by molar-refractivity contribution is 0.0955. The third kappa shape index (κ3) is 3.42. The van der Waals surface area contributed by atoms with E-state index in [0.29, 0.717) is 12.1 Å². The molecule has 1 heterocycles. The van der Waals surface area contributed by atoms with Gasteiger partial charge in [-0.25, -0.2) is 0 Å². The fourth-order valence-corrected chi connectivity index (χ4v) is 1.10. The number of nitrogens with one attached hydrogen (secondary N) is 1. The predicted octanol–water partition coefficient (Wildman–Crippen LogP) is 0.569. The molecule has 5 heteroatoms. The zero-order valence-electron chi connectivity index (χ0n) is 7.36. The topological polar surface area (TPSA) is 54.9 Å². The van der Waals surface area contributed by atoms with E-state index in [9.17, 15) is 4.79 Å². The average Bonchev–Trinajstić information content (AvgIpc) is 2.19. The summed E-state index contributed by atoms with van der Waals surface area (Å²) in [5.74, 6) is 0.827. The van der Waals surface area contributed by atoms with E-state index in [-0.39, 0.29) is 5.91 Å². The number of carbonyl (C=O) groups is 1. The number of hydrogen-bond donors (Lipinski definition) is 1. The maximum Gasteiger partial charge on any atom is 0.252 e. The molecule has 1 amide bonds. The zero-order valence-corrected chi connectivity index (χ0v) is 8.17. The van der Waals surface area contributed by atoms with Crippen LogP contribution in [-0.2, 0) is 0 Å². The summed E-state index contributed by atoms with van der Waals surface area (Å²) in [6, 6.07) is 1.64. The van der Waals surface area contributed by atoms with Gasteiger partial charge in [0.05, 0.1) is 18.0 Å². The molecule has 1 rings (SSSR count). The Bertz CT molecular complexity index is 265. The summed E-state index contributed by atoms with van der Waals surface area (Å²) >= 11 is 1.70. The van der Waals surface area contributed by atoms with Gasteiger partial charge in [0.15, 0.2) is 0 Å². The van der Waals surface area contributed by atoms with Crippen molar-refractivity contribution in [2.75, 3.05) is 18.6 Å². The summed E-state index contributed by atoms with van der Waals surface area (Å²) in [6.07, 6.45) is 4.96. The van der Waals surface area contributed by atoms with Crippen molar-refractivity contribution in [3.8, 4) is 0 Å². The Kier molecular flexibility index (Phi) is 4.25. The lowest BCUT2D eigenvalue weighted by Crippen LogP contribution is -2.25. The van der Waals surface area contributed by atoms with Crippen molar-refractivity contribution in [3.05, 3.63) is 24.0 Å². The van der Waals surface area contributed by atoms with Gasteiger partial charge in [-0.1, -0.05) is 0 Å². The van der Waals surface area contributed by atoms with Crippen molar-refractivity contribution in [1.29, 1.82) is 0 Å². The molecule has 0 unspecified atom stereocenters. The summed E-state index contributed by atoms with van der Waals surface area (Å²) in [7, 11) is 0. The molecule has 1 N–H and O–H groups in total. The number of aromatic nitrogens is 2. The molecule has 0 fully saturated rings. The molecule has 0 aliphatic heterocycles. The van der Waals surface area contributed by atoms with Gasteiger partial charge in [-0.3, -0.25) is 4.79 Å². The molecule has 0 bridgehead atoms. The molecule has 0 aliphatic rings. The molecule has 70 valence electrons. The lowest BCUT2D eigenvalue weighted by atomic mass is 10.3. The van der Waals surface area contributed by atoms with E-state index in [1.165, 1.54) is 12.4 Å². The molecule has 1 aromatic rings. The monoisotopic (exact) mass is 197 g/mol. The summed E-state index contributed by atoms with van der Waals surface area (Å²) in [4.78, 5) is 11.3. The molecule has 0 aliphatic carbocycles. The van der Waals surface area contributed by atoms with Crippen LogP contribution in [0.3, 0.4) is 0 Å². The smallest absolute Gasteiger partial charge is 0.252 e. The summed E-state index contributed by atoms with van der Waals surface area (Å²) < 4.78 is 0. The van der Waals surface area contributed by atoms with E-state index in [0.717, 1.165) is 5.75 Å². The van der Waals surface area contributed by atoms with Crippen LogP contribution in [-0.4, -0.2) is 34.7 Å². The van der Waals surface area contributed by atoms with Gasteiger partial charge in [0, 0.05) is 12.3 Å². The molecule has 0 spiro atoms. The first-order valence-corrected chi connectivity index (χ1v) is 5.28. The highest BCUT2D eigenvalue weighted by atomic mass is 32.2. The van der Waals surface area contributed by atoms with Crippen LogP contribution >= 0.6 is 11.8 Å². The molecule has 4 nitrogen and oxygen atoms in total. The maximum absolute atomic E-state index is 11.3. The standard InChI is InChI=1S/C8H11N3OS/c1-13-5-4-9-8(12)7-2-3-10-11-6-7/h2-3,6H,4-5H2,1H3,(H,9,12). The van der Waals surface area contributed by atoms with Crippen LogP contribution in [0, 0.1) is 0 Å². The van der Waals surface area contributed by atoms with Gasteiger partial charge in [0.1, 0.15) is 0 Å². The van der Waals surface area contributed by atoms with Crippen molar-refractivity contribution < 1.29 is 4.79 Å². The quantitative estimate of drug-likeness (QED) is 0.717. The third-order valence-corrected chi connectivity index (χ3v) is 2.05. The van der Waals surface area contributed by atoms with Crippen LogP contribution in [0.4, 0.5) is 0 Å². The van der Waals surface area contributed by atoms with Crippen molar-refractivity contribution >= 4 is 17.7 Å². The summed E-state index contributed by atoms with van der Waals surface area (Å²) in [6.45, 7) is 0.683. The van der Waals surface area contributed by atoms with Crippen molar-refractivity contribution in [2.24, 2.45) is 0 Å². The van der Waals surface area contributed by atoms with Gasteiger partial charge in [-0.15, -0.1) is 0 Å². The first kappa shape index (κ1) is 9.98. The Morgan fingerprint density at radius 2 is 2.46 bits per heavy atom. The Hall–Kier alpha value is -1.10. The SMILES string of the molecule is CSCCNC(=O)c1ccnnc1. The first-order valence-electron chi connectivity index (χ1n) is 3.88. The van der Waals surface area contributed by atoms with Crippen LogP contribution < -0.4 is 5.32 Å². The van der Waals surface area contributed by atoms with Crippen LogP contribution in [0.5, 0.6) is 0 Å². The van der Waals surface area contributed by atoms with Crippen LogP contribution in [0.2, 0.25) is 0 Å². The van der Waals surface area contributed by atoms with Gasteiger partial charge in [-0.2, -0.15) is 22.0 Å². The van der Waals surface area contributed by atoms with Crippen molar-refractivity contribution in [3.63, 3.8) is 0 Å². The van der Waals surface area contributed by atoms with E-state index >= 15 is 0 Å². The van der Waals surface area contributed by atoms with Crippen molar-refractivity contribution in [2.45, 2.75) is 0 Å². The Labute approximate surface area is 81.1 Å². The van der Waals surface area contributed by atoms with E-state index in [2.05, 4.69) is 15.5 Å². The molecule has 1 aromatic heterocycles. The Morgan fingerprint density at radius 1 is 1.62 bits per heavy atom. The van der Waals surface area contributed by atoms with E-state index < -0.39 is 0 Å². The molecule has 0 saturated heterocycles. The summed E-state index contributed by atoms with van der Waals surface area (Å²) in [5, 5.41) is 9.98. The molecule has 13 heavy (non-hydrogen) atoms. The van der Waals surface area contributed by atoms with E-state index in [1.807, 2.05) is 6.26 Å². The molecule has 0 aromatic carbocycles. The number of nitrogens with zero attached hydrogens (tertiary/aromatic N) is 2. The predicted molar refractivity (Wildman–Crippen MR) is 52.7 cm³/mol. The van der Waals surface area contributed by atoms with Crippen molar-refractivity contribution in [1.82, 2.24) is 15.5 Å². The highest BCUT2D eigenvalue weighted by Crippen LogP contribution is 1.94. The van der Waals surface area contributed by atoms with Gasteiger partial charge in [0.2, 0.25) is 0 Å². The fraction of sp³-hybridized carbons (Fsp3) is 0.375. The van der Waals surface area contributed by atoms with Gasteiger partial charge in [-0.05, 0) is 12.3 Å². The second kappa shape index (κ2) is 5.53. The molecule has 0 saturated carbocycles. The van der Waals surface area contributed by atoms with Gasteiger partial charge < -0.3 is 5.32 Å². The van der Waals surface area contributed by atoms with Gasteiger partial charge in [0.25, 0.3) is 5.91 Å². The highest BCUT2D eigenvalue weighted by Gasteiger charge is 2.02. The first-order chi connectivity index (χ1) is 6.34. The molecule has 0 atom stereocenters. The van der Waals surface area contributed by atoms with Crippen LogP contribution in [0.1, 0.15) is 10.4 Å². The largest absolute Gasteiger partial charge is 0.351 e. The Balaban J connectivity index is 2.40. The molecule has 0 radical (unpaired) electrons. The van der Waals surface area contributed by atoms with E-state index in [1.54, 1.807) is 17.8 Å². The number of thioether (sulfide) groups is 1. The van der Waals surface area contributed by atoms with Crippen LogP contribution in [0.15, 0.2) is 18.5 Å². The van der Waals surface area contributed by atoms with E-state index in [4.69, 9.17) is 0 Å². The van der Waals surface area contributed by atoms with Crippen LogP contribution in [0.25, 0.3) is 0 Å². The van der Waals surface area contributed by atoms with Gasteiger partial charge >= 0.3 is 0 Å². The minimum Gasteiger partial charge on any atom is -0.351 e. The minimum absolute atomic E-state index is 0.0936. The second-order valence-electron chi connectivity index (χ2n) is 2.38. The normalized spacial score (nSPS) is 9.62. The molecular weight excluding hydrogens is 186 g/mol. The number of hydrogen-bond acceptors (Lipinski definition) is 4. The lowest BCUT2D eigenvalue weighted by Gasteiger charge is -2.02. The highest BCUT2D eigenvalue weighted by molar-refractivity contribution is 7.98. The minimum atomic E-state index is -0.0936. The number of amides is 1. The summed E-state index contributed by atoms with van der Waals surface area (Å²) in [5.41, 5.74) is 0.552. The number of carbonyl (C=O) groups excluding carboxylic acids is 1. The number of rotatable bonds is 4. The third-order valence-electron chi connectivity index (χ3n) is 1.44. The molecular formula is C8H11N3OS. The fourth-order valence-electron chi connectivity index (χ4n) is 0.794. The second-order valence-corrected chi connectivity index (χ2v) is 3.37.